The van der Waals surface area contributed by atoms with Crippen molar-refractivity contribution in [1.29, 1.82) is 0 Å². The zero-order valence-corrected chi connectivity index (χ0v) is 39.7. The zero-order valence-electron chi connectivity index (χ0n) is 39.7. The zero-order chi connectivity index (χ0) is 48.3. The Hall–Kier alpha value is -1.88. The number of carbonyl (C=O) groups is 2. The predicted octanol–water partition coefficient (Wildman–Crippen LogP) is 1.10. The Morgan fingerprint density at radius 3 is 2.08 bits per heavy atom. The number of carbonyl (C=O) groups excluding carboxylic acids is 1. The second-order valence-electron chi connectivity index (χ2n) is 23.5. The number of hydrogen-bond donors (Lipinski definition) is 10. The van der Waals surface area contributed by atoms with E-state index in [0.717, 1.165) is 38.5 Å². The van der Waals surface area contributed by atoms with Crippen LogP contribution in [0.4, 0.5) is 0 Å². The highest BCUT2D eigenvalue weighted by Crippen LogP contribution is 2.76. The highest BCUT2D eigenvalue weighted by atomic mass is 16.8. The SMILES string of the molecule is CC(=O)N[C@H]1[C@H](O[C@H]2CC[C@]3(C)[C@H]4CC=C5[C@@H]6CC(C)(C)CC[C@]6(C(=O)O)[C@H](O)C[C@@]5(C)[C@]4(C)CC[C@H]3C2(C)C)O[C@H](CO[C@@H]2OC[C@@H](O)[C@@H](O)[C@H]2O[C@@H]2OC[C@@H](O)[C@H](O)[C@H]2O)[C@@H](O)[C@@H]1O. The summed E-state index contributed by atoms with van der Waals surface area (Å²) in [6, 6.07) is -1.17. The first kappa shape index (κ1) is 50.5. The van der Waals surface area contributed by atoms with E-state index in [4.69, 9.17) is 28.4 Å². The molecule has 0 radical (unpaired) electrons. The van der Waals surface area contributed by atoms with Crippen LogP contribution in [0.25, 0.3) is 0 Å². The third-order valence-corrected chi connectivity index (χ3v) is 19.0. The summed E-state index contributed by atoms with van der Waals surface area (Å²) in [7, 11) is 0. The summed E-state index contributed by atoms with van der Waals surface area (Å²) < 4.78 is 36.0. The summed E-state index contributed by atoms with van der Waals surface area (Å²) in [4.78, 5) is 25.7. The van der Waals surface area contributed by atoms with E-state index < -0.39 is 127 Å². The lowest BCUT2D eigenvalue weighted by Gasteiger charge is -2.71. The highest BCUT2D eigenvalue weighted by Gasteiger charge is 2.71. The molecule has 66 heavy (non-hydrogen) atoms. The quantitative estimate of drug-likeness (QED) is 0.114. The van der Waals surface area contributed by atoms with Gasteiger partial charge in [-0.2, -0.15) is 0 Å². The van der Waals surface area contributed by atoms with Crippen molar-refractivity contribution >= 4 is 11.9 Å². The van der Waals surface area contributed by atoms with Crippen molar-refractivity contribution in [2.45, 2.75) is 205 Å². The lowest BCUT2D eigenvalue weighted by molar-refractivity contribution is -0.352. The second-order valence-corrected chi connectivity index (χ2v) is 23.5. The Kier molecular flexibility index (Phi) is 13.6. The molecule has 0 aromatic heterocycles. The number of allylic oxidation sites excluding steroid dienone is 2. The first-order chi connectivity index (χ1) is 30.7. The van der Waals surface area contributed by atoms with Crippen molar-refractivity contribution in [1.82, 2.24) is 5.32 Å². The first-order valence-electron chi connectivity index (χ1n) is 24.2. The molecule has 3 heterocycles. The van der Waals surface area contributed by atoms with Crippen molar-refractivity contribution in [2.75, 3.05) is 19.8 Å². The van der Waals surface area contributed by atoms with Crippen LogP contribution in [0, 0.1) is 50.2 Å². The molecule has 18 heteroatoms. The molecule has 0 bridgehead atoms. The van der Waals surface area contributed by atoms with Crippen LogP contribution in [0.5, 0.6) is 0 Å². The van der Waals surface area contributed by atoms with E-state index in [-0.39, 0.29) is 47.2 Å². The molecule has 10 N–H and O–H groups in total. The van der Waals surface area contributed by atoms with Gasteiger partial charge in [0.1, 0.15) is 66.4 Å². The lowest BCUT2D eigenvalue weighted by Crippen LogP contribution is -2.68. The lowest BCUT2D eigenvalue weighted by atomic mass is 9.33. The van der Waals surface area contributed by atoms with Crippen LogP contribution in [0.2, 0.25) is 0 Å². The van der Waals surface area contributed by atoms with E-state index in [9.17, 15) is 55.5 Å². The molecule has 0 aromatic carbocycles. The Morgan fingerprint density at radius 1 is 0.742 bits per heavy atom. The third kappa shape index (κ3) is 8.02. The maximum Gasteiger partial charge on any atom is 0.312 e. The van der Waals surface area contributed by atoms with Crippen LogP contribution < -0.4 is 5.32 Å². The molecule has 4 saturated carbocycles. The molecule has 8 aliphatic rings. The Balaban J connectivity index is 1.00. The number of rotatable bonds is 9. The van der Waals surface area contributed by atoms with E-state index in [2.05, 4.69) is 59.9 Å². The first-order valence-corrected chi connectivity index (χ1v) is 24.2. The van der Waals surface area contributed by atoms with Crippen molar-refractivity contribution in [3.05, 3.63) is 11.6 Å². The fraction of sp³-hybridized carbons (Fsp3) is 0.917. The molecule has 18 nitrogen and oxygen atoms in total. The molecule has 0 aromatic rings. The Bertz CT molecular complexity index is 1850. The van der Waals surface area contributed by atoms with Gasteiger partial charge in [-0.1, -0.05) is 60.1 Å². The van der Waals surface area contributed by atoms with Crippen molar-refractivity contribution in [3.63, 3.8) is 0 Å². The number of carboxylic acids is 1. The van der Waals surface area contributed by atoms with Crippen molar-refractivity contribution in [2.24, 2.45) is 50.2 Å². The van der Waals surface area contributed by atoms with Gasteiger partial charge in [0.15, 0.2) is 18.9 Å². The number of aliphatic hydroxyl groups excluding tert-OH is 8. The fourth-order valence-corrected chi connectivity index (χ4v) is 15.0. The number of hydrogen-bond acceptors (Lipinski definition) is 16. The molecular formula is C48H77NO17. The number of fused-ring (bicyclic) bond motifs is 7. The predicted molar refractivity (Wildman–Crippen MR) is 232 cm³/mol. The van der Waals surface area contributed by atoms with Gasteiger partial charge < -0.3 is 79.7 Å². The minimum atomic E-state index is -1.71. The van der Waals surface area contributed by atoms with Crippen molar-refractivity contribution in [3.8, 4) is 0 Å². The molecular weight excluding hydrogens is 863 g/mol. The molecule has 7 fully saturated rings. The average molecular weight is 940 g/mol. The highest BCUT2D eigenvalue weighted by molar-refractivity contribution is 5.77. The maximum absolute atomic E-state index is 13.2. The second kappa shape index (κ2) is 17.8. The van der Waals surface area contributed by atoms with Gasteiger partial charge in [0.25, 0.3) is 0 Å². The molecule has 376 valence electrons. The molecule has 3 saturated heterocycles. The van der Waals surface area contributed by atoms with E-state index in [0.29, 0.717) is 19.3 Å². The Morgan fingerprint density at radius 2 is 1.41 bits per heavy atom. The summed E-state index contributed by atoms with van der Waals surface area (Å²) in [5, 5.41) is 100. The molecule has 1 amide bonds. The van der Waals surface area contributed by atoms with Crippen LogP contribution in [0.3, 0.4) is 0 Å². The number of nitrogens with one attached hydrogen (secondary N) is 1. The average Bonchev–Trinajstić information content (AvgIpc) is 3.23. The number of aliphatic hydroxyl groups is 8. The van der Waals surface area contributed by atoms with Gasteiger partial charge in [0.05, 0.1) is 32.0 Å². The maximum atomic E-state index is 13.2. The normalized spacial score (nSPS) is 52.1. The summed E-state index contributed by atoms with van der Waals surface area (Å²) in [5.74, 6) is -1.21. The van der Waals surface area contributed by atoms with E-state index in [1.807, 2.05) is 0 Å². The van der Waals surface area contributed by atoms with Crippen LogP contribution >= 0.6 is 0 Å². The number of aliphatic carboxylic acids is 1. The van der Waals surface area contributed by atoms with Gasteiger partial charge in [-0.05, 0) is 103 Å². The minimum Gasteiger partial charge on any atom is -0.481 e. The Labute approximate surface area is 387 Å². The number of carboxylic acid groups (broad SMARTS) is 1. The topological polar surface area (TPSA) is 284 Å². The molecule has 22 atom stereocenters. The van der Waals surface area contributed by atoms with Crippen LogP contribution in [-0.2, 0) is 38.0 Å². The largest absolute Gasteiger partial charge is 0.481 e. The van der Waals surface area contributed by atoms with Gasteiger partial charge in [0.2, 0.25) is 5.91 Å². The summed E-state index contributed by atoms with van der Waals surface area (Å²) >= 11 is 0. The van der Waals surface area contributed by atoms with Gasteiger partial charge in [0, 0.05) is 6.92 Å². The number of ether oxygens (including phenoxy) is 6. The van der Waals surface area contributed by atoms with Gasteiger partial charge in [-0.15, -0.1) is 0 Å². The van der Waals surface area contributed by atoms with E-state index in [1.165, 1.54) is 12.5 Å². The van der Waals surface area contributed by atoms with Crippen LogP contribution in [0.15, 0.2) is 11.6 Å². The molecule has 8 rings (SSSR count). The van der Waals surface area contributed by atoms with Gasteiger partial charge >= 0.3 is 5.97 Å². The number of amides is 1. The molecule has 3 aliphatic heterocycles. The summed E-state index contributed by atoms with van der Waals surface area (Å²) in [5.41, 5.74) is -1.25. The standard InChI is InChI=1S/C48H77NO17/c1-22(50)49-32-36(57)35(56)27(21-63-41-38(34(55)26(52)20-62-41)66-40-37(58)33(54)25(51)19-61-40)64-39(32)65-31-12-13-45(6)28(44(31,4)5)11-14-46(7)29(45)10-9-23-24-17-43(2,3)15-16-48(24,42(59)60)30(53)18-47(23,46)8/h9,24-41,51-58H,10-21H2,1-8H3,(H,49,50)(H,59,60)/t24-,25+,26+,27+,28-,29+,30+,31-,32+,33-,34+,35+,36+,37+,38+,39-,40-,41-,45-,46+,47+,48+/m0/s1. The minimum absolute atomic E-state index is 0.0435. The van der Waals surface area contributed by atoms with Gasteiger partial charge in [-0.25, -0.2) is 0 Å². The van der Waals surface area contributed by atoms with Crippen LogP contribution in [-0.4, -0.2) is 170 Å². The van der Waals surface area contributed by atoms with Crippen LogP contribution in [0.1, 0.15) is 113 Å². The molecule has 0 unspecified atom stereocenters. The van der Waals surface area contributed by atoms with Gasteiger partial charge in [-0.3, -0.25) is 9.59 Å². The molecule has 5 aliphatic carbocycles. The smallest absolute Gasteiger partial charge is 0.312 e. The summed E-state index contributed by atoms with van der Waals surface area (Å²) in [6.07, 6.45) is -10.5. The summed E-state index contributed by atoms with van der Waals surface area (Å²) in [6.45, 7) is 16.0. The third-order valence-electron chi connectivity index (χ3n) is 19.0. The van der Waals surface area contributed by atoms with Crippen molar-refractivity contribution < 1.29 is 84.0 Å². The van der Waals surface area contributed by atoms with E-state index >= 15 is 0 Å². The van der Waals surface area contributed by atoms with E-state index in [1.54, 1.807) is 0 Å². The molecule has 0 spiro atoms. The fourth-order valence-electron chi connectivity index (χ4n) is 15.0. The monoisotopic (exact) mass is 940 g/mol.